The second-order valence-electron chi connectivity index (χ2n) is 5.63. The number of quaternary nitrogens is 1. The first-order valence-corrected chi connectivity index (χ1v) is 9.66. The molecular formula is C16H16N5S3+. The summed E-state index contributed by atoms with van der Waals surface area (Å²) in [6, 6.07) is 12.3. The highest BCUT2D eigenvalue weighted by molar-refractivity contribution is 7.71. The summed E-state index contributed by atoms with van der Waals surface area (Å²) in [6.45, 7) is 1.58. The molecule has 0 saturated heterocycles. The Morgan fingerprint density at radius 3 is 2.88 bits per heavy atom. The van der Waals surface area contributed by atoms with Crippen molar-refractivity contribution in [2.24, 2.45) is 0 Å². The molecule has 1 aromatic carbocycles. The first-order valence-electron chi connectivity index (χ1n) is 7.55. The van der Waals surface area contributed by atoms with Gasteiger partial charge in [0, 0.05) is 0 Å². The van der Waals surface area contributed by atoms with Crippen molar-refractivity contribution in [3.63, 3.8) is 0 Å². The van der Waals surface area contributed by atoms with Gasteiger partial charge in [0.2, 0.25) is 4.77 Å². The van der Waals surface area contributed by atoms with E-state index >= 15 is 0 Å². The minimum absolute atomic E-state index is 0.585. The van der Waals surface area contributed by atoms with Crippen molar-refractivity contribution < 1.29 is 4.90 Å². The van der Waals surface area contributed by atoms with Crippen molar-refractivity contribution in [1.29, 1.82) is 0 Å². The predicted octanol–water partition coefficient (Wildman–Crippen LogP) is 2.95. The molecule has 0 fully saturated rings. The summed E-state index contributed by atoms with van der Waals surface area (Å²) in [5.74, 6) is 0.836. The molecule has 0 aliphatic rings. The van der Waals surface area contributed by atoms with E-state index in [-0.39, 0.29) is 0 Å². The average Bonchev–Trinajstić information content (AvgIpc) is 3.27. The topological polar surface area (TPSA) is 50.9 Å². The lowest BCUT2D eigenvalue weighted by Crippen LogP contribution is -3.07. The SMILES string of the molecule is C[NH+](Cc1nc2ccccc2s1)Cn1[nH]c(-c2cccs2)nc1=S. The second-order valence-corrected chi connectivity index (χ2v) is 8.06. The molecule has 122 valence electrons. The minimum atomic E-state index is 0.585. The van der Waals surface area contributed by atoms with Crippen molar-refractivity contribution in [1.82, 2.24) is 19.7 Å². The lowest BCUT2D eigenvalue weighted by Gasteiger charge is -2.12. The van der Waals surface area contributed by atoms with Crippen LogP contribution in [0.5, 0.6) is 0 Å². The fourth-order valence-corrected chi connectivity index (χ4v) is 4.51. The van der Waals surface area contributed by atoms with Crippen LogP contribution in [-0.2, 0) is 13.2 Å². The van der Waals surface area contributed by atoms with Crippen molar-refractivity contribution in [2.45, 2.75) is 13.2 Å². The number of aromatic amines is 1. The average molecular weight is 375 g/mol. The van der Waals surface area contributed by atoms with Gasteiger partial charge in [0.1, 0.15) is 11.6 Å². The van der Waals surface area contributed by atoms with Crippen LogP contribution in [0.1, 0.15) is 5.01 Å². The Morgan fingerprint density at radius 1 is 1.21 bits per heavy atom. The summed E-state index contributed by atoms with van der Waals surface area (Å²) in [4.78, 5) is 11.6. The van der Waals surface area contributed by atoms with Gasteiger partial charge in [-0.1, -0.05) is 18.2 Å². The summed E-state index contributed by atoms with van der Waals surface area (Å²) >= 11 is 8.79. The summed E-state index contributed by atoms with van der Waals surface area (Å²) in [5, 5.41) is 6.48. The van der Waals surface area contributed by atoms with Gasteiger partial charge in [-0.05, 0) is 35.8 Å². The number of benzene rings is 1. The summed E-state index contributed by atoms with van der Waals surface area (Å²) < 4.78 is 3.74. The number of nitrogens with zero attached hydrogens (tertiary/aromatic N) is 3. The fourth-order valence-electron chi connectivity index (χ4n) is 2.57. The molecule has 3 aromatic heterocycles. The summed E-state index contributed by atoms with van der Waals surface area (Å²) in [6.07, 6.45) is 0. The van der Waals surface area contributed by atoms with E-state index in [0.717, 1.165) is 34.4 Å². The van der Waals surface area contributed by atoms with Crippen LogP contribution in [0.2, 0.25) is 0 Å². The van der Waals surface area contributed by atoms with E-state index < -0.39 is 0 Å². The first-order chi connectivity index (χ1) is 11.7. The molecule has 3 heterocycles. The zero-order valence-electron chi connectivity index (χ0n) is 13.0. The number of hydrogen-bond donors (Lipinski definition) is 2. The summed E-state index contributed by atoms with van der Waals surface area (Å²) in [7, 11) is 2.14. The molecule has 0 aliphatic heterocycles. The normalized spacial score (nSPS) is 12.7. The second kappa shape index (κ2) is 6.56. The maximum atomic E-state index is 5.38. The first kappa shape index (κ1) is 15.6. The highest BCUT2D eigenvalue weighted by Gasteiger charge is 2.12. The third kappa shape index (κ3) is 3.18. The van der Waals surface area contributed by atoms with Crippen LogP contribution in [0.15, 0.2) is 41.8 Å². The Hall–Kier alpha value is -1.87. The molecule has 0 aliphatic carbocycles. The Labute approximate surface area is 152 Å². The Kier molecular flexibility index (Phi) is 4.28. The number of hydrogen-bond acceptors (Lipinski definition) is 5. The quantitative estimate of drug-likeness (QED) is 0.528. The molecule has 4 aromatic rings. The van der Waals surface area contributed by atoms with Crippen LogP contribution in [0.4, 0.5) is 0 Å². The molecule has 0 bridgehead atoms. The van der Waals surface area contributed by atoms with Crippen LogP contribution in [-0.4, -0.2) is 26.8 Å². The largest absolute Gasteiger partial charge is 0.313 e. The van der Waals surface area contributed by atoms with Crippen LogP contribution in [0.3, 0.4) is 0 Å². The number of rotatable bonds is 5. The molecule has 4 rings (SSSR count). The van der Waals surface area contributed by atoms with Gasteiger partial charge >= 0.3 is 0 Å². The van der Waals surface area contributed by atoms with E-state index in [0.29, 0.717) is 4.77 Å². The lowest BCUT2D eigenvalue weighted by atomic mass is 10.3. The number of fused-ring (bicyclic) bond motifs is 1. The molecule has 24 heavy (non-hydrogen) atoms. The smallest absolute Gasteiger partial charge is 0.221 e. The van der Waals surface area contributed by atoms with Gasteiger partial charge in [-0.2, -0.15) is 4.98 Å². The lowest BCUT2D eigenvalue weighted by molar-refractivity contribution is -0.917. The van der Waals surface area contributed by atoms with Gasteiger partial charge in [0.15, 0.2) is 12.5 Å². The zero-order valence-corrected chi connectivity index (χ0v) is 15.5. The third-order valence-corrected chi connectivity index (χ3v) is 5.88. The molecule has 0 radical (unpaired) electrons. The van der Waals surface area contributed by atoms with Crippen LogP contribution >= 0.6 is 34.9 Å². The molecule has 2 N–H and O–H groups in total. The number of thiazole rings is 1. The Balaban J connectivity index is 1.49. The van der Waals surface area contributed by atoms with Gasteiger partial charge in [-0.3, -0.25) is 5.10 Å². The number of thiophene rings is 1. The molecule has 5 nitrogen and oxygen atoms in total. The highest BCUT2D eigenvalue weighted by Crippen LogP contribution is 2.21. The molecular weight excluding hydrogens is 358 g/mol. The number of nitrogens with one attached hydrogen (secondary N) is 2. The zero-order chi connectivity index (χ0) is 16.5. The maximum absolute atomic E-state index is 5.38. The van der Waals surface area contributed by atoms with Gasteiger partial charge in [0.05, 0.1) is 22.1 Å². The fraction of sp³-hybridized carbons (Fsp3) is 0.188. The van der Waals surface area contributed by atoms with E-state index in [1.54, 1.807) is 22.7 Å². The van der Waals surface area contributed by atoms with Crippen molar-refractivity contribution >= 4 is 45.1 Å². The van der Waals surface area contributed by atoms with E-state index in [4.69, 9.17) is 17.2 Å². The number of aromatic nitrogens is 4. The molecule has 1 unspecified atom stereocenters. The Bertz CT molecular complexity index is 979. The molecule has 8 heteroatoms. The molecule has 0 saturated carbocycles. The van der Waals surface area contributed by atoms with Gasteiger partial charge in [-0.15, -0.1) is 22.7 Å². The monoisotopic (exact) mass is 374 g/mol. The van der Waals surface area contributed by atoms with Crippen LogP contribution < -0.4 is 4.90 Å². The van der Waals surface area contributed by atoms with E-state index in [2.05, 4.69) is 35.3 Å². The Morgan fingerprint density at radius 2 is 2.08 bits per heavy atom. The minimum Gasteiger partial charge on any atom is -0.313 e. The molecule has 0 amide bonds. The summed E-state index contributed by atoms with van der Waals surface area (Å²) in [5.41, 5.74) is 1.07. The standard InChI is InChI=1S/C16H15N5S3/c1-20(9-14-17-11-5-2-3-6-12(11)24-14)10-21-16(22)18-15(19-21)13-7-4-8-23-13/h2-8H,9-10H2,1H3,(H,18,19,22)/p+1. The van der Waals surface area contributed by atoms with Gasteiger partial charge < -0.3 is 4.90 Å². The van der Waals surface area contributed by atoms with Crippen LogP contribution in [0, 0.1) is 4.77 Å². The van der Waals surface area contributed by atoms with Crippen LogP contribution in [0.25, 0.3) is 20.9 Å². The van der Waals surface area contributed by atoms with Crippen molar-refractivity contribution in [3.05, 3.63) is 51.6 Å². The maximum Gasteiger partial charge on any atom is 0.221 e. The molecule has 0 spiro atoms. The molecule has 1 atom stereocenters. The highest BCUT2D eigenvalue weighted by atomic mass is 32.1. The number of para-hydroxylation sites is 1. The van der Waals surface area contributed by atoms with Crippen molar-refractivity contribution in [3.8, 4) is 10.7 Å². The van der Waals surface area contributed by atoms with Gasteiger partial charge in [0.25, 0.3) is 0 Å². The van der Waals surface area contributed by atoms with E-state index in [9.17, 15) is 0 Å². The predicted molar refractivity (Wildman–Crippen MR) is 101 cm³/mol. The van der Waals surface area contributed by atoms with Gasteiger partial charge in [-0.25, -0.2) is 9.67 Å². The van der Waals surface area contributed by atoms with Crippen molar-refractivity contribution in [2.75, 3.05) is 7.05 Å². The number of H-pyrrole nitrogens is 1. The third-order valence-electron chi connectivity index (χ3n) is 3.65. The van der Waals surface area contributed by atoms with E-state index in [1.807, 2.05) is 28.3 Å². The van der Waals surface area contributed by atoms with E-state index in [1.165, 1.54) is 9.60 Å².